The van der Waals surface area contributed by atoms with Gasteiger partial charge in [0.15, 0.2) is 0 Å². The topological polar surface area (TPSA) is 57.6 Å². The van der Waals surface area contributed by atoms with E-state index in [-0.39, 0.29) is 23.8 Å². The van der Waals surface area contributed by atoms with Crippen molar-refractivity contribution in [3.05, 3.63) is 0 Å². The molecule has 1 aliphatic rings. The van der Waals surface area contributed by atoms with Crippen molar-refractivity contribution >= 4 is 11.9 Å². The molecule has 104 valence electrons. The maximum atomic E-state index is 12.3. The van der Waals surface area contributed by atoms with Gasteiger partial charge in [-0.15, -0.1) is 0 Å². The molecule has 0 aromatic carbocycles. The van der Waals surface area contributed by atoms with Gasteiger partial charge in [-0.1, -0.05) is 13.3 Å². The van der Waals surface area contributed by atoms with E-state index in [1.165, 1.54) is 0 Å². The fourth-order valence-corrected chi connectivity index (χ4v) is 2.70. The van der Waals surface area contributed by atoms with Gasteiger partial charge in [0.25, 0.3) is 0 Å². The van der Waals surface area contributed by atoms with Crippen LogP contribution in [0.25, 0.3) is 0 Å². The lowest BCUT2D eigenvalue weighted by atomic mass is 9.81. The van der Waals surface area contributed by atoms with E-state index in [0.717, 1.165) is 25.7 Å². The molecule has 0 spiro atoms. The van der Waals surface area contributed by atoms with Crippen LogP contribution < -0.4 is 0 Å². The van der Waals surface area contributed by atoms with Gasteiger partial charge in [-0.3, -0.25) is 9.59 Å². The van der Waals surface area contributed by atoms with Crippen LogP contribution in [-0.4, -0.2) is 35.0 Å². The number of hydrogen-bond donors (Lipinski definition) is 1. The number of carboxylic acid groups (broad SMARTS) is 1. The quantitative estimate of drug-likeness (QED) is 0.821. The number of nitrogens with zero attached hydrogens (tertiary/aromatic N) is 1. The Balaban J connectivity index is 2.46. The zero-order chi connectivity index (χ0) is 13.7. The summed E-state index contributed by atoms with van der Waals surface area (Å²) in [5.41, 5.74) is 0. The van der Waals surface area contributed by atoms with Crippen LogP contribution in [0.1, 0.15) is 52.4 Å². The Morgan fingerprint density at radius 1 is 1.22 bits per heavy atom. The molecule has 1 saturated carbocycles. The maximum Gasteiger partial charge on any atom is 0.306 e. The minimum absolute atomic E-state index is 0.0323. The van der Waals surface area contributed by atoms with E-state index >= 15 is 0 Å². The average molecular weight is 255 g/mol. The minimum Gasteiger partial charge on any atom is -0.481 e. The van der Waals surface area contributed by atoms with Crippen molar-refractivity contribution in [1.29, 1.82) is 0 Å². The lowest BCUT2D eigenvalue weighted by Gasteiger charge is -2.32. The largest absolute Gasteiger partial charge is 0.481 e. The van der Waals surface area contributed by atoms with Gasteiger partial charge >= 0.3 is 5.97 Å². The third kappa shape index (κ3) is 3.72. The Kier molecular flexibility index (Phi) is 5.63. The number of carbonyl (C=O) groups is 2. The molecule has 1 aliphatic carbocycles. The van der Waals surface area contributed by atoms with Crippen molar-refractivity contribution in [1.82, 2.24) is 4.90 Å². The third-order valence-corrected chi connectivity index (χ3v) is 4.14. The van der Waals surface area contributed by atoms with Crippen molar-refractivity contribution in [2.24, 2.45) is 11.8 Å². The van der Waals surface area contributed by atoms with E-state index in [9.17, 15) is 9.59 Å². The van der Waals surface area contributed by atoms with Gasteiger partial charge in [0.05, 0.1) is 5.92 Å². The van der Waals surface area contributed by atoms with Crippen LogP contribution in [0, 0.1) is 11.8 Å². The average Bonchev–Trinajstić information content (AvgIpc) is 2.37. The monoisotopic (exact) mass is 255 g/mol. The van der Waals surface area contributed by atoms with E-state index < -0.39 is 5.97 Å². The summed E-state index contributed by atoms with van der Waals surface area (Å²) >= 11 is 0. The van der Waals surface area contributed by atoms with Gasteiger partial charge in [-0.2, -0.15) is 0 Å². The van der Waals surface area contributed by atoms with Crippen LogP contribution in [-0.2, 0) is 9.59 Å². The first-order valence-corrected chi connectivity index (χ1v) is 6.96. The Morgan fingerprint density at radius 3 is 2.17 bits per heavy atom. The summed E-state index contributed by atoms with van der Waals surface area (Å²) in [7, 11) is 1.87. The van der Waals surface area contributed by atoms with Gasteiger partial charge in [-0.05, 0) is 39.0 Å². The van der Waals surface area contributed by atoms with E-state index in [2.05, 4.69) is 13.8 Å². The van der Waals surface area contributed by atoms with E-state index in [1.54, 1.807) is 0 Å². The molecule has 1 rings (SSSR count). The summed E-state index contributed by atoms with van der Waals surface area (Å²) in [6.45, 7) is 4.19. The van der Waals surface area contributed by atoms with Crippen LogP contribution >= 0.6 is 0 Å². The summed E-state index contributed by atoms with van der Waals surface area (Å²) in [4.78, 5) is 25.0. The molecule has 0 aliphatic heterocycles. The molecule has 1 atom stereocenters. The van der Waals surface area contributed by atoms with Gasteiger partial charge in [0, 0.05) is 19.0 Å². The number of carboxylic acids is 1. The predicted octanol–water partition coefficient (Wildman–Crippen LogP) is 2.52. The number of hydrogen-bond acceptors (Lipinski definition) is 2. The number of aliphatic carboxylic acids is 1. The molecule has 4 nitrogen and oxygen atoms in total. The van der Waals surface area contributed by atoms with Gasteiger partial charge in [0.1, 0.15) is 0 Å². The Bertz CT molecular complexity index is 295. The molecule has 1 amide bonds. The molecule has 18 heavy (non-hydrogen) atoms. The summed E-state index contributed by atoms with van der Waals surface area (Å²) in [5, 5.41) is 8.94. The van der Waals surface area contributed by atoms with Crippen molar-refractivity contribution in [3.8, 4) is 0 Å². The maximum absolute atomic E-state index is 12.3. The highest BCUT2D eigenvalue weighted by atomic mass is 16.4. The summed E-state index contributed by atoms with van der Waals surface area (Å²) in [6, 6.07) is 0.277. The van der Waals surface area contributed by atoms with Crippen molar-refractivity contribution in [2.45, 2.75) is 58.4 Å². The molecule has 0 saturated heterocycles. The van der Waals surface area contributed by atoms with E-state index in [1.807, 2.05) is 11.9 Å². The zero-order valence-electron chi connectivity index (χ0n) is 11.7. The minimum atomic E-state index is -0.714. The predicted molar refractivity (Wildman–Crippen MR) is 70.2 cm³/mol. The number of carbonyl (C=O) groups excluding carboxylic acids is 1. The van der Waals surface area contributed by atoms with Gasteiger partial charge in [0.2, 0.25) is 5.91 Å². The molecule has 0 heterocycles. The Labute approximate surface area is 109 Å². The molecule has 0 aromatic heterocycles. The SMILES string of the molecule is CCCC(C)N(C)C(=O)C1CCC(C(=O)O)CC1. The molecular formula is C14H25NO3. The van der Waals surface area contributed by atoms with Crippen molar-refractivity contribution in [3.63, 3.8) is 0 Å². The molecule has 0 bridgehead atoms. The first-order valence-electron chi connectivity index (χ1n) is 6.96. The second-order valence-corrected chi connectivity index (χ2v) is 5.47. The molecule has 0 radical (unpaired) electrons. The van der Waals surface area contributed by atoms with Crippen molar-refractivity contribution in [2.75, 3.05) is 7.05 Å². The zero-order valence-corrected chi connectivity index (χ0v) is 11.7. The molecule has 1 N–H and O–H groups in total. The highest BCUT2D eigenvalue weighted by molar-refractivity contribution is 5.79. The summed E-state index contributed by atoms with van der Waals surface area (Å²) < 4.78 is 0. The Hall–Kier alpha value is -1.06. The fourth-order valence-electron chi connectivity index (χ4n) is 2.70. The van der Waals surface area contributed by atoms with Gasteiger partial charge < -0.3 is 10.0 Å². The molecule has 0 aromatic rings. The Morgan fingerprint density at radius 2 is 1.72 bits per heavy atom. The lowest BCUT2D eigenvalue weighted by molar-refractivity contribution is -0.145. The van der Waals surface area contributed by atoms with Crippen LogP contribution in [0.4, 0.5) is 0 Å². The van der Waals surface area contributed by atoms with Crippen LogP contribution in [0.5, 0.6) is 0 Å². The standard InChI is InChI=1S/C14H25NO3/c1-4-5-10(2)15(3)13(16)11-6-8-12(9-7-11)14(17)18/h10-12H,4-9H2,1-3H3,(H,17,18). The molecule has 1 unspecified atom stereocenters. The van der Waals surface area contributed by atoms with Crippen LogP contribution in [0.15, 0.2) is 0 Å². The van der Waals surface area contributed by atoms with Crippen LogP contribution in [0.2, 0.25) is 0 Å². The van der Waals surface area contributed by atoms with Gasteiger partial charge in [-0.25, -0.2) is 0 Å². The normalized spacial score (nSPS) is 25.5. The number of rotatable bonds is 5. The second-order valence-electron chi connectivity index (χ2n) is 5.47. The smallest absolute Gasteiger partial charge is 0.306 e. The first kappa shape index (κ1) is 15.0. The lowest BCUT2D eigenvalue weighted by Crippen LogP contribution is -2.40. The summed E-state index contributed by atoms with van der Waals surface area (Å²) in [5.74, 6) is -0.731. The van der Waals surface area contributed by atoms with E-state index in [4.69, 9.17) is 5.11 Å². The highest BCUT2D eigenvalue weighted by Crippen LogP contribution is 2.30. The molecule has 1 fully saturated rings. The fraction of sp³-hybridized carbons (Fsp3) is 0.857. The molecular weight excluding hydrogens is 230 g/mol. The van der Waals surface area contributed by atoms with Crippen molar-refractivity contribution < 1.29 is 14.7 Å². The van der Waals surface area contributed by atoms with E-state index in [0.29, 0.717) is 12.8 Å². The third-order valence-electron chi connectivity index (χ3n) is 4.14. The van der Waals surface area contributed by atoms with Crippen LogP contribution in [0.3, 0.4) is 0 Å². The first-order chi connectivity index (χ1) is 8.47. The summed E-state index contributed by atoms with van der Waals surface area (Å²) in [6.07, 6.45) is 4.82. The number of amides is 1. The highest BCUT2D eigenvalue weighted by Gasteiger charge is 2.31. The second kappa shape index (κ2) is 6.76. The molecule has 4 heteroatoms.